The van der Waals surface area contributed by atoms with E-state index in [9.17, 15) is 9.18 Å². The molecule has 2 aliphatic heterocycles. The predicted molar refractivity (Wildman–Crippen MR) is 133 cm³/mol. The maximum absolute atomic E-state index is 14.4. The normalized spacial score (nSPS) is 17.5. The fourth-order valence-electron chi connectivity index (χ4n) is 4.68. The number of fused-ring (bicyclic) bond motifs is 2. The fraction of sp³-hybridized carbons (Fsp3) is 0.346. The first-order chi connectivity index (χ1) is 17.2. The van der Waals surface area contributed by atoms with E-state index in [2.05, 4.69) is 22.5 Å². The Morgan fingerprint density at radius 2 is 1.94 bits per heavy atom. The molecule has 1 fully saturated rings. The van der Waals surface area contributed by atoms with E-state index in [1.54, 1.807) is 29.1 Å². The summed E-state index contributed by atoms with van der Waals surface area (Å²) in [5.74, 6) is 0.967. The maximum atomic E-state index is 14.4. The number of ether oxygens (including phenoxy) is 1. The second-order valence-corrected chi connectivity index (χ2v) is 10.3. The largest absolute Gasteiger partial charge is 0.380 e. The molecule has 1 aromatic carbocycles. The van der Waals surface area contributed by atoms with Crippen LogP contribution in [0.15, 0.2) is 42.6 Å². The molecule has 1 amide bonds. The molecule has 10 heteroatoms. The first kappa shape index (κ1) is 22.5. The second kappa shape index (κ2) is 8.06. The first-order valence-corrected chi connectivity index (χ1v) is 11.9. The quantitative estimate of drug-likeness (QED) is 0.427. The SMILES string of the molecule is CC1(CNc2nc(-c3nn(Cc4ccccc4F)c4ncccc34)nc3c2C(C)(C)C(=O)N3)COC1. The van der Waals surface area contributed by atoms with Crippen molar-refractivity contribution in [2.75, 3.05) is 30.4 Å². The fourth-order valence-corrected chi connectivity index (χ4v) is 4.68. The van der Waals surface area contributed by atoms with Gasteiger partial charge in [-0.15, -0.1) is 0 Å². The monoisotopic (exact) mass is 487 g/mol. The highest BCUT2D eigenvalue weighted by Crippen LogP contribution is 2.42. The third-order valence-corrected chi connectivity index (χ3v) is 6.91. The van der Waals surface area contributed by atoms with Crippen LogP contribution in [0.25, 0.3) is 22.6 Å². The highest BCUT2D eigenvalue weighted by molar-refractivity contribution is 6.06. The maximum Gasteiger partial charge on any atom is 0.235 e. The van der Waals surface area contributed by atoms with E-state index in [0.29, 0.717) is 54.1 Å². The van der Waals surface area contributed by atoms with Crippen LogP contribution >= 0.6 is 0 Å². The van der Waals surface area contributed by atoms with Gasteiger partial charge in [0.05, 0.1) is 36.1 Å². The molecule has 0 radical (unpaired) electrons. The Kier molecular flexibility index (Phi) is 5.04. The van der Waals surface area contributed by atoms with E-state index in [4.69, 9.17) is 19.8 Å². The number of carbonyl (C=O) groups excluding carboxylic acids is 1. The van der Waals surface area contributed by atoms with Gasteiger partial charge in [-0.3, -0.25) is 4.79 Å². The summed E-state index contributed by atoms with van der Waals surface area (Å²) < 4.78 is 21.4. The van der Waals surface area contributed by atoms with Crippen LogP contribution in [-0.2, 0) is 21.5 Å². The van der Waals surface area contributed by atoms with Gasteiger partial charge in [-0.25, -0.2) is 24.0 Å². The molecule has 0 saturated carbocycles. The molecule has 2 aliphatic rings. The Labute approximate surface area is 207 Å². The average Bonchev–Trinajstić information content (AvgIpc) is 3.31. The lowest BCUT2D eigenvalue weighted by Gasteiger charge is -2.38. The van der Waals surface area contributed by atoms with E-state index >= 15 is 0 Å². The van der Waals surface area contributed by atoms with Gasteiger partial charge in [-0.1, -0.05) is 25.1 Å². The highest BCUT2D eigenvalue weighted by atomic mass is 19.1. The Morgan fingerprint density at radius 1 is 1.14 bits per heavy atom. The molecule has 3 aromatic heterocycles. The van der Waals surface area contributed by atoms with Crippen molar-refractivity contribution in [2.45, 2.75) is 32.7 Å². The van der Waals surface area contributed by atoms with Crippen molar-refractivity contribution in [3.63, 3.8) is 0 Å². The van der Waals surface area contributed by atoms with Crippen LogP contribution in [0.1, 0.15) is 31.9 Å². The van der Waals surface area contributed by atoms with Gasteiger partial charge < -0.3 is 15.4 Å². The summed E-state index contributed by atoms with van der Waals surface area (Å²) in [6.07, 6.45) is 1.67. The summed E-state index contributed by atoms with van der Waals surface area (Å²) in [5.41, 5.74) is 1.54. The van der Waals surface area contributed by atoms with Gasteiger partial charge >= 0.3 is 0 Å². The standard InChI is InChI=1S/C26H26FN7O2/c1-25(2)18-20(29-12-26(3)13-36-14-26)30-22(31-21(18)32-24(25)35)19-16-8-6-10-28-23(16)34(33-19)11-15-7-4-5-9-17(15)27/h4-10H,11-14H2,1-3H3,(H2,29,30,31,32,35). The molecule has 0 unspecified atom stereocenters. The number of nitrogens with zero attached hydrogens (tertiary/aromatic N) is 5. The zero-order valence-corrected chi connectivity index (χ0v) is 20.3. The molecule has 5 heterocycles. The minimum atomic E-state index is -0.791. The van der Waals surface area contributed by atoms with Gasteiger partial charge in [0.1, 0.15) is 23.1 Å². The van der Waals surface area contributed by atoms with Crippen molar-refractivity contribution in [1.29, 1.82) is 0 Å². The van der Waals surface area contributed by atoms with E-state index in [0.717, 1.165) is 10.9 Å². The molecule has 0 bridgehead atoms. The van der Waals surface area contributed by atoms with Crippen LogP contribution < -0.4 is 10.6 Å². The number of benzene rings is 1. The molecular weight excluding hydrogens is 461 g/mol. The third-order valence-electron chi connectivity index (χ3n) is 6.91. The molecular formula is C26H26FN7O2. The van der Waals surface area contributed by atoms with Crippen molar-refractivity contribution < 1.29 is 13.9 Å². The van der Waals surface area contributed by atoms with Crippen molar-refractivity contribution >= 4 is 28.6 Å². The van der Waals surface area contributed by atoms with E-state index in [1.807, 2.05) is 26.0 Å². The number of rotatable bonds is 6. The summed E-state index contributed by atoms with van der Waals surface area (Å²) in [6.45, 7) is 8.04. The van der Waals surface area contributed by atoms with Crippen LogP contribution in [0.5, 0.6) is 0 Å². The van der Waals surface area contributed by atoms with Crippen molar-refractivity contribution in [2.24, 2.45) is 5.41 Å². The molecule has 6 rings (SSSR count). The van der Waals surface area contributed by atoms with Crippen LogP contribution in [0.4, 0.5) is 16.0 Å². The smallest absolute Gasteiger partial charge is 0.235 e. The van der Waals surface area contributed by atoms with E-state index in [1.165, 1.54) is 6.07 Å². The highest BCUT2D eigenvalue weighted by Gasteiger charge is 2.43. The number of hydrogen-bond donors (Lipinski definition) is 2. The zero-order valence-electron chi connectivity index (χ0n) is 20.3. The molecule has 1 saturated heterocycles. The lowest BCUT2D eigenvalue weighted by Crippen LogP contribution is -2.45. The van der Waals surface area contributed by atoms with Gasteiger partial charge in [0.15, 0.2) is 11.5 Å². The summed E-state index contributed by atoms with van der Waals surface area (Å²) >= 11 is 0. The number of aromatic nitrogens is 5. The van der Waals surface area contributed by atoms with Gasteiger partial charge in [0.2, 0.25) is 5.91 Å². The zero-order chi connectivity index (χ0) is 25.1. The third kappa shape index (κ3) is 3.60. The molecule has 0 spiro atoms. The van der Waals surface area contributed by atoms with Crippen LogP contribution in [-0.4, -0.2) is 50.4 Å². The molecule has 9 nitrogen and oxygen atoms in total. The van der Waals surface area contributed by atoms with Crippen molar-refractivity contribution in [3.05, 3.63) is 59.5 Å². The number of carbonyl (C=O) groups is 1. The Hall–Kier alpha value is -3.92. The minimum Gasteiger partial charge on any atom is -0.380 e. The molecule has 36 heavy (non-hydrogen) atoms. The van der Waals surface area contributed by atoms with Crippen LogP contribution in [0.2, 0.25) is 0 Å². The summed E-state index contributed by atoms with van der Waals surface area (Å²) in [7, 11) is 0. The van der Waals surface area contributed by atoms with Gasteiger partial charge in [0, 0.05) is 23.7 Å². The summed E-state index contributed by atoms with van der Waals surface area (Å²) in [6, 6.07) is 10.3. The minimum absolute atomic E-state index is 0.00384. The topological polar surface area (TPSA) is 107 Å². The number of amides is 1. The number of nitrogens with one attached hydrogen (secondary N) is 2. The molecule has 0 aliphatic carbocycles. The summed E-state index contributed by atoms with van der Waals surface area (Å²) in [4.78, 5) is 26.8. The molecule has 0 atom stereocenters. The molecule has 2 N–H and O–H groups in total. The van der Waals surface area contributed by atoms with E-state index < -0.39 is 5.41 Å². The molecule has 4 aromatic rings. The van der Waals surface area contributed by atoms with Gasteiger partial charge in [-0.05, 0) is 32.0 Å². The summed E-state index contributed by atoms with van der Waals surface area (Å²) in [5, 5.41) is 11.9. The average molecular weight is 488 g/mol. The first-order valence-electron chi connectivity index (χ1n) is 11.9. The van der Waals surface area contributed by atoms with Crippen LogP contribution in [0, 0.1) is 11.2 Å². The Morgan fingerprint density at radius 3 is 2.69 bits per heavy atom. The number of pyridine rings is 1. The molecule has 184 valence electrons. The lowest BCUT2D eigenvalue weighted by molar-refractivity contribution is -0.119. The predicted octanol–water partition coefficient (Wildman–Crippen LogP) is 3.75. The number of hydrogen-bond acceptors (Lipinski definition) is 7. The van der Waals surface area contributed by atoms with Gasteiger partial charge in [0.25, 0.3) is 0 Å². The lowest BCUT2D eigenvalue weighted by atomic mass is 9.86. The Bertz CT molecular complexity index is 1510. The van der Waals surface area contributed by atoms with Crippen molar-refractivity contribution in [3.8, 4) is 11.5 Å². The van der Waals surface area contributed by atoms with Crippen LogP contribution in [0.3, 0.4) is 0 Å². The van der Waals surface area contributed by atoms with E-state index in [-0.39, 0.29) is 23.7 Å². The van der Waals surface area contributed by atoms with Crippen molar-refractivity contribution in [1.82, 2.24) is 24.7 Å². The second-order valence-electron chi connectivity index (χ2n) is 10.3. The Balaban J connectivity index is 1.47. The van der Waals surface area contributed by atoms with Gasteiger partial charge in [-0.2, -0.15) is 5.10 Å². The number of halogens is 1. The number of anilines is 2.